The molecular formula is C60H40N2S. The molecule has 0 saturated heterocycles. The summed E-state index contributed by atoms with van der Waals surface area (Å²) >= 11 is 1.88. The molecule has 0 saturated carbocycles. The second-order valence-electron chi connectivity index (χ2n) is 16.0. The molecule has 2 nitrogen and oxygen atoms in total. The number of nitrogens with zero attached hydrogens (tertiary/aromatic N) is 2. The van der Waals surface area contributed by atoms with E-state index in [9.17, 15) is 0 Å². The van der Waals surface area contributed by atoms with Crippen LogP contribution in [-0.4, -0.2) is 4.57 Å². The minimum absolute atomic E-state index is 1.10. The van der Waals surface area contributed by atoms with Gasteiger partial charge in [-0.1, -0.05) is 188 Å². The second kappa shape index (κ2) is 15.5. The van der Waals surface area contributed by atoms with Crippen LogP contribution in [0.2, 0.25) is 0 Å². The highest BCUT2D eigenvalue weighted by atomic mass is 32.1. The molecule has 0 radical (unpaired) electrons. The summed E-state index contributed by atoms with van der Waals surface area (Å²) in [5.41, 5.74) is 16.1. The van der Waals surface area contributed by atoms with Crippen molar-refractivity contribution < 1.29 is 0 Å². The number of hydrogen-bond acceptors (Lipinski definition) is 2. The highest BCUT2D eigenvalue weighted by molar-refractivity contribution is 7.26. The maximum absolute atomic E-state index is 2.55. The van der Waals surface area contributed by atoms with Gasteiger partial charge >= 0.3 is 0 Å². The maximum Gasteiger partial charge on any atom is 0.0562 e. The topological polar surface area (TPSA) is 8.17 Å². The number of anilines is 3. The minimum atomic E-state index is 1.10. The first-order valence-electron chi connectivity index (χ1n) is 21.5. The van der Waals surface area contributed by atoms with Crippen LogP contribution in [0, 0.1) is 0 Å². The van der Waals surface area contributed by atoms with Crippen LogP contribution in [0.15, 0.2) is 243 Å². The van der Waals surface area contributed by atoms with Crippen molar-refractivity contribution in [3.63, 3.8) is 0 Å². The second-order valence-corrected chi connectivity index (χ2v) is 17.1. The van der Waals surface area contributed by atoms with Gasteiger partial charge in [0.15, 0.2) is 0 Å². The Morgan fingerprint density at radius 2 is 0.905 bits per heavy atom. The van der Waals surface area contributed by atoms with Crippen LogP contribution in [0.1, 0.15) is 0 Å². The van der Waals surface area contributed by atoms with Gasteiger partial charge in [0.2, 0.25) is 0 Å². The van der Waals surface area contributed by atoms with E-state index < -0.39 is 0 Å². The Bertz CT molecular complexity index is 3610. The van der Waals surface area contributed by atoms with Crippen LogP contribution in [0.4, 0.5) is 17.1 Å². The quantitative estimate of drug-likeness (QED) is 0.148. The van der Waals surface area contributed by atoms with E-state index in [4.69, 9.17) is 0 Å². The van der Waals surface area contributed by atoms with E-state index in [1.54, 1.807) is 0 Å². The zero-order chi connectivity index (χ0) is 41.7. The number of fused-ring (bicyclic) bond motifs is 6. The number of benzene rings is 10. The van der Waals surface area contributed by atoms with Crippen LogP contribution >= 0.6 is 11.3 Å². The Morgan fingerprint density at radius 1 is 0.317 bits per heavy atom. The van der Waals surface area contributed by atoms with E-state index in [1.807, 2.05) is 11.3 Å². The number of rotatable bonds is 8. The molecular weight excluding hydrogens is 781 g/mol. The summed E-state index contributed by atoms with van der Waals surface area (Å²) in [5, 5.41) is 5.00. The lowest BCUT2D eigenvalue weighted by molar-refractivity contribution is 1.18. The molecule has 3 heteroatoms. The summed E-state index contributed by atoms with van der Waals surface area (Å²) in [6.07, 6.45) is 0. The predicted molar refractivity (Wildman–Crippen MR) is 270 cm³/mol. The number of hydrogen-bond donors (Lipinski definition) is 0. The van der Waals surface area contributed by atoms with Crippen molar-refractivity contribution in [1.82, 2.24) is 4.57 Å². The highest BCUT2D eigenvalue weighted by Gasteiger charge is 2.26. The van der Waals surface area contributed by atoms with Crippen molar-refractivity contribution in [3.8, 4) is 50.2 Å². The Morgan fingerprint density at radius 3 is 1.67 bits per heavy atom. The monoisotopic (exact) mass is 820 g/mol. The molecule has 0 atom stereocenters. The fourth-order valence-corrected chi connectivity index (χ4v) is 10.8. The van der Waals surface area contributed by atoms with Crippen LogP contribution in [-0.2, 0) is 0 Å². The van der Waals surface area contributed by atoms with Gasteiger partial charge in [0, 0.05) is 47.8 Å². The number of para-hydroxylation sites is 2. The first-order valence-corrected chi connectivity index (χ1v) is 22.3. The molecule has 0 spiro atoms. The molecule has 12 rings (SSSR count). The molecule has 0 aliphatic heterocycles. The molecule has 0 N–H and O–H groups in total. The summed E-state index contributed by atoms with van der Waals surface area (Å²) in [7, 11) is 0. The van der Waals surface area contributed by atoms with Crippen molar-refractivity contribution in [1.29, 1.82) is 0 Å². The molecule has 2 heterocycles. The smallest absolute Gasteiger partial charge is 0.0562 e. The van der Waals surface area contributed by atoms with Gasteiger partial charge in [0.05, 0.1) is 28.1 Å². The maximum atomic E-state index is 2.55. The lowest BCUT2D eigenvalue weighted by Gasteiger charge is -2.31. The summed E-state index contributed by atoms with van der Waals surface area (Å²) in [6.45, 7) is 0. The molecule has 0 aliphatic carbocycles. The number of thiophene rings is 1. The highest BCUT2D eigenvalue weighted by Crippen LogP contribution is 2.51. The van der Waals surface area contributed by atoms with Crippen LogP contribution in [0.5, 0.6) is 0 Å². The first kappa shape index (κ1) is 36.8. The Labute approximate surface area is 370 Å². The predicted octanol–water partition coefficient (Wildman–Crippen LogP) is 17.3. The Kier molecular flexibility index (Phi) is 9.06. The summed E-state index contributed by atoms with van der Waals surface area (Å²) < 4.78 is 5.03. The molecule has 12 aromatic rings. The van der Waals surface area contributed by atoms with Gasteiger partial charge in [-0.15, -0.1) is 11.3 Å². The van der Waals surface area contributed by atoms with Gasteiger partial charge in [-0.3, -0.25) is 0 Å². The number of aromatic nitrogens is 1. The summed E-state index contributed by atoms with van der Waals surface area (Å²) in [5.74, 6) is 0. The molecule has 0 bridgehead atoms. The van der Waals surface area contributed by atoms with Crippen molar-refractivity contribution in [2.45, 2.75) is 0 Å². The van der Waals surface area contributed by atoms with Crippen molar-refractivity contribution in [2.24, 2.45) is 0 Å². The van der Waals surface area contributed by atoms with Gasteiger partial charge in [-0.05, 0) is 88.0 Å². The zero-order valence-electron chi connectivity index (χ0n) is 34.4. The third kappa shape index (κ3) is 6.33. The third-order valence-electron chi connectivity index (χ3n) is 12.4. The zero-order valence-corrected chi connectivity index (χ0v) is 35.2. The molecule has 0 unspecified atom stereocenters. The van der Waals surface area contributed by atoms with E-state index in [2.05, 4.69) is 252 Å². The van der Waals surface area contributed by atoms with Crippen LogP contribution < -0.4 is 4.90 Å². The van der Waals surface area contributed by atoms with E-state index in [1.165, 1.54) is 53.2 Å². The van der Waals surface area contributed by atoms with Gasteiger partial charge < -0.3 is 9.47 Å². The summed E-state index contributed by atoms with van der Waals surface area (Å²) in [6, 6.07) is 88.6. The molecule has 2 aromatic heterocycles. The van der Waals surface area contributed by atoms with E-state index in [0.717, 1.165) is 56.1 Å². The first-order chi connectivity index (χ1) is 31.3. The Hall–Kier alpha value is -7.98. The van der Waals surface area contributed by atoms with Crippen LogP contribution in [0.3, 0.4) is 0 Å². The molecule has 296 valence electrons. The fraction of sp³-hybridized carbons (Fsp3) is 0. The lowest BCUT2D eigenvalue weighted by atomic mass is 9.93. The van der Waals surface area contributed by atoms with E-state index in [0.29, 0.717) is 0 Å². The third-order valence-corrected chi connectivity index (χ3v) is 13.6. The Balaban J connectivity index is 1.20. The average Bonchev–Trinajstić information content (AvgIpc) is 3.92. The lowest BCUT2D eigenvalue weighted by Crippen LogP contribution is -2.13. The van der Waals surface area contributed by atoms with Gasteiger partial charge in [0.25, 0.3) is 0 Å². The largest absolute Gasteiger partial charge is 0.309 e. The van der Waals surface area contributed by atoms with Gasteiger partial charge in [-0.25, -0.2) is 0 Å². The standard InChI is InChI=1S/C60H40N2S/c1-5-19-41(20-6-1)44-35-37-47(42-21-7-2-8-22-42)57(40-44)62(56-33-18-32-55-59(56)51-28-13-15-31-53(51)61(55)46-25-11-4-12-26-46)54-38-36-45(39-52(54)43-23-9-3-10-24-43)48-29-17-30-50-49-27-14-16-34-58(49)63-60(48)50/h1-40H. The molecule has 0 fully saturated rings. The molecule has 0 amide bonds. The molecule has 0 aliphatic rings. The fourth-order valence-electron chi connectivity index (χ4n) is 9.54. The van der Waals surface area contributed by atoms with Gasteiger partial charge in [0.1, 0.15) is 0 Å². The normalized spacial score (nSPS) is 11.5. The SMILES string of the molecule is c1ccc(-c2ccc(-c3ccccc3)c(N(c3ccc(-c4cccc5c4sc4ccccc45)cc3-c3ccccc3)c3cccc4c3c3ccccc3n4-c3ccccc3)c2)cc1. The molecule has 63 heavy (non-hydrogen) atoms. The van der Waals surface area contributed by atoms with Crippen molar-refractivity contribution >= 4 is 70.4 Å². The van der Waals surface area contributed by atoms with Crippen LogP contribution in [0.25, 0.3) is 92.2 Å². The average molecular weight is 821 g/mol. The van der Waals surface area contributed by atoms with Crippen molar-refractivity contribution in [2.75, 3.05) is 4.90 Å². The molecule has 10 aromatic carbocycles. The minimum Gasteiger partial charge on any atom is -0.309 e. The summed E-state index contributed by atoms with van der Waals surface area (Å²) in [4.78, 5) is 2.55. The van der Waals surface area contributed by atoms with E-state index in [-0.39, 0.29) is 0 Å². The van der Waals surface area contributed by atoms with Gasteiger partial charge in [-0.2, -0.15) is 0 Å². The van der Waals surface area contributed by atoms with E-state index >= 15 is 0 Å². The van der Waals surface area contributed by atoms with Crippen molar-refractivity contribution in [3.05, 3.63) is 243 Å².